The second-order valence-electron chi connectivity index (χ2n) is 5.55. The number of nitrogens with one attached hydrogen (secondary N) is 1. The topological polar surface area (TPSA) is 81.4 Å². The van der Waals surface area contributed by atoms with E-state index in [9.17, 15) is 18.0 Å². The maximum absolute atomic E-state index is 13.2. The molecule has 1 atom stereocenters. The minimum Gasteiger partial charge on any atom is -0.278 e. The van der Waals surface area contributed by atoms with Crippen LogP contribution in [0.4, 0.5) is 13.2 Å². The molecule has 25 heavy (non-hydrogen) atoms. The van der Waals surface area contributed by atoms with Crippen LogP contribution in [0.5, 0.6) is 0 Å². The Hall–Kier alpha value is -3.17. The molecule has 1 unspecified atom stereocenters. The Kier molecular flexibility index (Phi) is 3.17. The molecule has 0 fully saturated rings. The third-order valence-electron chi connectivity index (χ3n) is 4.10. The van der Waals surface area contributed by atoms with Crippen molar-refractivity contribution in [2.75, 3.05) is 0 Å². The number of H-pyrrole nitrogens is 1. The minimum atomic E-state index is -4.59. The summed E-state index contributed by atoms with van der Waals surface area (Å²) in [4.78, 5) is 20.6. The average molecular weight is 348 g/mol. The lowest BCUT2D eigenvalue weighted by Gasteiger charge is -2.16. The lowest BCUT2D eigenvalue weighted by Crippen LogP contribution is -2.33. The van der Waals surface area contributed by atoms with Gasteiger partial charge in [0.2, 0.25) is 0 Å². The molecule has 0 aliphatic heterocycles. The summed E-state index contributed by atoms with van der Waals surface area (Å²) < 4.78 is 41.5. The average Bonchev–Trinajstić information content (AvgIpc) is 3.15. The van der Waals surface area contributed by atoms with E-state index in [1.807, 2.05) is 0 Å². The van der Waals surface area contributed by atoms with Crippen molar-refractivity contribution >= 4 is 22.1 Å². The Morgan fingerprint density at radius 3 is 2.80 bits per heavy atom. The number of nitrogens with zero attached hydrogens (tertiary/aromatic N) is 5. The van der Waals surface area contributed by atoms with Crippen LogP contribution in [0, 0.1) is 0 Å². The van der Waals surface area contributed by atoms with Crippen LogP contribution < -0.4 is 5.69 Å². The number of benzene rings is 1. The van der Waals surface area contributed by atoms with Crippen molar-refractivity contribution in [3.05, 3.63) is 47.4 Å². The first-order chi connectivity index (χ1) is 11.9. The Bertz CT molecular complexity index is 1140. The smallest absolute Gasteiger partial charge is 0.278 e. The predicted octanol–water partition coefficient (Wildman–Crippen LogP) is 2.58. The third-order valence-corrected chi connectivity index (χ3v) is 4.10. The van der Waals surface area contributed by atoms with Gasteiger partial charge in [0.05, 0.1) is 23.6 Å². The second-order valence-corrected chi connectivity index (χ2v) is 5.55. The molecule has 0 saturated carbocycles. The molecule has 4 aromatic rings. The Morgan fingerprint density at radius 1 is 1.24 bits per heavy atom. The zero-order valence-electron chi connectivity index (χ0n) is 12.8. The Labute approximate surface area is 137 Å². The van der Waals surface area contributed by atoms with Crippen molar-refractivity contribution < 1.29 is 13.2 Å². The van der Waals surface area contributed by atoms with Crippen molar-refractivity contribution in [1.82, 2.24) is 29.3 Å². The molecule has 0 spiro atoms. The van der Waals surface area contributed by atoms with Crippen LogP contribution in [0.25, 0.3) is 27.8 Å². The third kappa shape index (κ3) is 2.21. The summed E-state index contributed by atoms with van der Waals surface area (Å²) >= 11 is 0. The minimum absolute atomic E-state index is 0.0784. The van der Waals surface area contributed by atoms with Crippen molar-refractivity contribution in [3.63, 3.8) is 0 Å². The van der Waals surface area contributed by atoms with Gasteiger partial charge in [-0.2, -0.15) is 18.3 Å². The Balaban J connectivity index is 2.11. The lowest BCUT2D eigenvalue weighted by atomic mass is 10.2. The van der Waals surface area contributed by atoms with Crippen LogP contribution in [0.1, 0.15) is 13.0 Å². The van der Waals surface area contributed by atoms with Crippen LogP contribution in [-0.2, 0) is 0 Å². The van der Waals surface area contributed by atoms with Crippen LogP contribution in [0.2, 0.25) is 0 Å². The van der Waals surface area contributed by atoms with Crippen molar-refractivity contribution in [1.29, 1.82) is 0 Å². The quantitative estimate of drug-likeness (QED) is 0.604. The van der Waals surface area contributed by atoms with Crippen LogP contribution in [0.3, 0.4) is 0 Å². The molecular weight excluding hydrogens is 337 g/mol. The second kappa shape index (κ2) is 5.16. The molecule has 1 N–H and O–H groups in total. The molecule has 10 heteroatoms. The summed E-state index contributed by atoms with van der Waals surface area (Å²) in [6.07, 6.45) is -0.640. The number of imidazole rings is 1. The number of alkyl halides is 3. The number of aromatic nitrogens is 6. The molecular formula is C15H11F3N6O. The first-order valence-electron chi connectivity index (χ1n) is 7.31. The molecule has 128 valence electrons. The molecule has 0 bridgehead atoms. The van der Waals surface area contributed by atoms with Gasteiger partial charge in [-0.3, -0.25) is 14.2 Å². The molecule has 7 nitrogen and oxygen atoms in total. The molecule has 0 radical (unpaired) electrons. The molecule has 0 aliphatic rings. The number of rotatable bonds is 2. The van der Waals surface area contributed by atoms with Gasteiger partial charge < -0.3 is 0 Å². The van der Waals surface area contributed by atoms with Gasteiger partial charge in [0, 0.05) is 5.39 Å². The van der Waals surface area contributed by atoms with Crippen molar-refractivity contribution in [2.24, 2.45) is 0 Å². The van der Waals surface area contributed by atoms with E-state index in [2.05, 4.69) is 20.2 Å². The molecule has 3 aromatic heterocycles. The van der Waals surface area contributed by atoms with Gasteiger partial charge in [0.1, 0.15) is 17.9 Å². The fraction of sp³-hybridized carbons (Fsp3) is 0.200. The van der Waals surface area contributed by atoms with Gasteiger partial charge in [-0.1, -0.05) is 6.07 Å². The highest BCUT2D eigenvalue weighted by Gasteiger charge is 2.40. The summed E-state index contributed by atoms with van der Waals surface area (Å²) in [5.74, 6) is 0. The van der Waals surface area contributed by atoms with Gasteiger partial charge in [-0.05, 0) is 19.1 Å². The summed E-state index contributed by atoms with van der Waals surface area (Å²) in [5, 5.41) is 7.29. The van der Waals surface area contributed by atoms with E-state index in [-0.39, 0.29) is 11.2 Å². The SMILES string of the molecule is CC(n1c(=O)n(-c2cccc3[nH]ncc23)c2cncnc21)C(F)(F)F. The van der Waals surface area contributed by atoms with Gasteiger partial charge in [0.25, 0.3) is 0 Å². The first kappa shape index (κ1) is 15.4. The molecule has 0 saturated heterocycles. The first-order valence-corrected chi connectivity index (χ1v) is 7.31. The van der Waals surface area contributed by atoms with Gasteiger partial charge in [-0.15, -0.1) is 0 Å². The summed E-state index contributed by atoms with van der Waals surface area (Å²) in [6, 6.07) is 3.05. The normalized spacial score (nSPS) is 13.6. The van der Waals surface area contributed by atoms with Gasteiger partial charge >= 0.3 is 11.9 Å². The monoisotopic (exact) mass is 348 g/mol. The molecule has 0 amide bonds. The maximum atomic E-state index is 13.2. The lowest BCUT2D eigenvalue weighted by molar-refractivity contribution is -0.162. The molecule has 4 rings (SSSR count). The number of hydrogen-bond acceptors (Lipinski definition) is 4. The highest BCUT2D eigenvalue weighted by atomic mass is 19.4. The Morgan fingerprint density at radius 2 is 2.04 bits per heavy atom. The fourth-order valence-corrected chi connectivity index (χ4v) is 2.84. The van der Waals surface area contributed by atoms with E-state index in [0.717, 1.165) is 13.3 Å². The van der Waals surface area contributed by atoms with Gasteiger partial charge in [-0.25, -0.2) is 14.8 Å². The number of aromatic amines is 1. The van der Waals surface area contributed by atoms with Crippen molar-refractivity contribution in [2.45, 2.75) is 19.1 Å². The predicted molar refractivity (Wildman–Crippen MR) is 83.5 cm³/mol. The van der Waals surface area contributed by atoms with E-state index in [4.69, 9.17) is 0 Å². The summed E-state index contributed by atoms with van der Waals surface area (Å²) in [5.41, 5.74) is 0.340. The summed E-state index contributed by atoms with van der Waals surface area (Å²) in [7, 11) is 0. The molecule has 0 aliphatic carbocycles. The van der Waals surface area contributed by atoms with E-state index in [1.54, 1.807) is 18.2 Å². The summed E-state index contributed by atoms with van der Waals surface area (Å²) in [6.45, 7) is 0.922. The number of hydrogen-bond donors (Lipinski definition) is 1. The van der Waals surface area contributed by atoms with E-state index in [0.29, 0.717) is 21.2 Å². The van der Waals surface area contributed by atoms with Crippen molar-refractivity contribution in [3.8, 4) is 5.69 Å². The number of fused-ring (bicyclic) bond motifs is 2. The van der Waals surface area contributed by atoms with Crippen LogP contribution in [-0.4, -0.2) is 35.5 Å². The fourth-order valence-electron chi connectivity index (χ4n) is 2.84. The standard InChI is InChI=1S/C15H11F3N6O/c1-8(15(16,17)18)23-13-12(6-19-7-20-13)24(14(23)25)11-4-2-3-10-9(11)5-21-22-10/h2-8H,1H3,(H,21,22). The van der Waals surface area contributed by atoms with E-state index < -0.39 is 17.9 Å². The molecule has 3 heterocycles. The van der Waals surface area contributed by atoms with Crippen LogP contribution in [0.15, 0.2) is 41.7 Å². The zero-order valence-corrected chi connectivity index (χ0v) is 12.8. The highest BCUT2D eigenvalue weighted by molar-refractivity contribution is 5.89. The van der Waals surface area contributed by atoms with E-state index >= 15 is 0 Å². The van der Waals surface area contributed by atoms with Gasteiger partial charge in [0.15, 0.2) is 5.65 Å². The highest BCUT2D eigenvalue weighted by Crippen LogP contribution is 2.32. The zero-order chi connectivity index (χ0) is 17.8. The van der Waals surface area contributed by atoms with Crippen LogP contribution >= 0.6 is 0 Å². The van der Waals surface area contributed by atoms with E-state index in [1.165, 1.54) is 17.0 Å². The largest absolute Gasteiger partial charge is 0.409 e. The maximum Gasteiger partial charge on any atom is 0.409 e. The number of halogens is 3. The molecule has 1 aromatic carbocycles.